The van der Waals surface area contributed by atoms with Crippen molar-refractivity contribution in [3.8, 4) is 0 Å². The predicted octanol–water partition coefficient (Wildman–Crippen LogP) is 1.17. The van der Waals surface area contributed by atoms with Crippen molar-refractivity contribution in [2.45, 2.75) is 36.6 Å². The fourth-order valence-corrected chi connectivity index (χ4v) is 5.08. The molecule has 21 heavy (non-hydrogen) atoms. The first kappa shape index (κ1) is 15.3. The van der Waals surface area contributed by atoms with Gasteiger partial charge < -0.3 is 4.90 Å². The molecular formula is C15H22ClN2O2S+. The van der Waals surface area contributed by atoms with Gasteiger partial charge in [0.1, 0.15) is 0 Å². The zero-order chi connectivity index (χ0) is 14.9. The van der Waals surface area contributed by atoms with Gasteiger partial charge in [-0.15, -0.1) is 0 Å². The summed E-state index contributed by atoms with van der Waals surface area (Å²) in [6.07, 6.45) is 5.28. The third kappa shape index (κ3) is 3.26. The van der Waals surface area contributed by atoms with Crippen LogP contribution in [0, 0.1) is 0 Å². The van der Waals surface area contributed by atoms with Gasteiger partial charge in [0.15, 0.2) is 0 Å². The number of halogens is 1. The van der Waals surface area contributed by atoms with Gasteiger partial charge in [-0.05, 0) is 49.9 Å². The second kappa shape index (κ2) is 6.24. The molecule has 116 valence electrons. The number of piperazine rings is 1. The van der Waals surface area contributed by atoms with E-state index in [1.165, 1.54) is 25.7 Å². The van der Waals surface area contributed by atoms with Crippen LogP contribution < -0.4 is 4.90 Å². The lowest BCUT2D eigenvalue weighted by atomic mass is 10.2. The van der Waals surface area contributed by atoms with E-state index in [-0.39, 0.29) is 0 Å². The molecule has 4 nitrogen and oxygen atoms in total. The number of nitrogens with one attached hydrogen (secondary N) is 1. The van der Waals surface area contributed by atoms with E-state index in [1.54, 1.807) is 33.5 Å². The summed E-state index contributed by atoms with van der Waals surface area (Å²) in [5.74, 6) is 0. The van der Waals surface area contributed by atoms with Gasteiger partial charge in [-0.25, -0.2) is 8.42 Å². The van der Waals surface area contributed by atoms with Crippen LogP contribution in [0.15, 0.2) is 29.2 Å². The lowest BCUT2D eigenvalue weighted by molar-refractivity contribution is -0.928. The Morgan fingerprint density at radius 3 is 2.19 bits per heavy atom. The van der Waals surface area contributed by atoms with Gasteiger partial charge in [0.05, 0.1) is 37.1 Å². The molecule has 1 aromatic carbocycles. The van der Waals surface area contributed by atoms with Crippen LogP contribution >= 0.6 is 11.6 Å². The van der Waals surface area contributed by atoms with Crippen molar-refractivity contribution in [2.24, 2.45) is 0 Å². The molecule has 1 N–H and O–H groups in total. The highest BCUT2D eigenvalue weighted by molar-refractivity contribution is 7.89. The van der Waals surface area contributed by atoms with Crippen LogP contribution in [0.25, 0.3) is 0 Å². The summed E-state index contributed by atoms with van der Waals surface area (Å²) in [5, 5.41) is 0.560. The number of nitrogens with zero attached hydrogens (tertiary/aromatic N) is 1. The van der Waals surface area contributed by atoms with Gasteiger partial charge in [0.2, 0.25) is 10.0 Å². The van der Waals surface area contributed by atoms with Crippen molar-refractivity contribution < 1.29 is 13.3 Å². The molecule has 0 bridgehead atoms. The Morgan fingerprint density at radius 2 is 1.62 bits per heavy atom. The molecule has 1 saturated carbocycles. The van der Waals surface area contributed by atoms with E-state index in [4.69, 9.17) is 11.6 Å². The van der Waals surface area contributed by atoms with Gasteiger partial charge in [-0.1, -0.05) is 11.6 Å². The fourth-order valence-electron chi connectivity index (χ4n) is 3.51. The van der Waals surface area contributed by atoms with Gasteiger partial charge in [0, 0.05) is 5.02 Å². The van der Waals surface area contributed by atoms with Crippen LogP contribution in [-0.2, 0) is 10.0 Å². The van der Waals surface area contributed by atoms with Gasteiger partial charge >= 0.3 is 0 Å². The molecule has 3 rings (SSSR count). The second-order valence-corrected chi connectivity index (χ2v) is 8.37. The summed E-state index contributed by atoms with van der Waals surface area (Å²) < 4.78 is 26.8. The molecule has 1 heterocycles. The third-order valence-corrected chi connectivity index (χ3v) is 6.91. The first-order valence-electron chi connectivity index (χ1n) is 7.68. The quantitative estimate of drug-likeness (QED) is 0.904. The lowest BCUT2D eigenvalue weighted by Crippen LogP contribution is -3.18. The summed E-state index contributed by atoms with van der Waals surface area (Å²) in [5.41, 5.74) is 0. The van der Waals surface area contributed by atoms with E-state index in [9.17, 15) is 8.42 Å². The van der Waals surface area contributed by atoms with Gasteiger partial charge in [-0.3, -0.25) is 0 Å². The van der Waals surface area contributed by atoms with Crippen LogP contribution in [0.3, 0.4) is 0 Å². The molecule has 0 unspecified atom stereocenters. The first-order chi connectivity index (χ1) is 10.1. The minimum atomic E-state index is -3.36. The Hall–Kier alpha value is -0.620. The van der Waals surface area contributed by atoms with Crippen molar-refractivity contribution in [1.82, 2.24) is 4.31 Å². The molecule has 0 amide bonds. The molecule has 1 aromatic rings. The Balaban J connectivity index is 1.66. The molecule has 0 aromatic heterocycles. The lowest BCUT2D eigenvalue weighted by Gasteiger charge is -2.34. The molecule has 1 aliphatic carbocycles. The van der Waals surface area contributed by atoms with Crippen LogP contribution in [0.5, 0.6) is 0 Å². The maximum absolute atomic E-state index is 12.6. The number of rotatable bonds is 3. The molecule has 6 heteroatoms. The zero-order valence-corrected chi connectivity index (χ0v) is 13.7. The zero-order valence-electron chi connectivity index (χ0n) is 12.1. The molecule has 0 atom stereocenters. The second-order valence-electron chi connectivity index (χ2n) is 6.00. The molecule has 1 saturated heterocycles. The minimum Gasteiger partial charge on any atom is -0.330 e. The van der Waals surface area contributed by atoms with E-state index in [0.717, 1.165) is 19.1 Å². The molecular weight excluding hydrogens is 308 g/mol. The van der Waals surface area contributed by atoms with Crippen molar-refractivity contribution in [1.29, 1.82) is 0 Å². The predicted molar refractivity (Wildman–Crippen MR) is 83.2 cm³/mol. The first-order valence-corrected chi connectivity index (χ1v) is 9.49. The summed E-state index contributed by atoms with van der Waals surface area (Å²) in [6.45, 7) is 3.10. The van der Waals surface area contributed by atoms with E-state index in [2.05, 4.69) is 0 Å². The number of benzene rings is 1. The largest absolute Gasteiger partial charge is 0.330 e. The van der Waals surface area contributed by atoms with Crippen molar-refractivity contribution in [2.75, 3.05) is 26.2 Å². The Morgan fingerprint density at radius 1 is 1.05 bits per heavy atom. The molecule has 2 aliphatic rings. The maximum Gasteiger partial charge on any atom is 0.243 e. The number of hydrogen-bond donors (Lipinski definition) is 1. The Bertz CT molecular complexity index is 574. The average molecular weight is 330 g/mol. The standard InChI is InChI=1S/C15H21ClN2O2S/c16-13-5-7-15(8-6-13)21(19,20)18-11-9-17(10-12-18)14-3-1-2-4-14/h5-8,14H,1-4,9-12H2/p+1. The Labute approximate surface area is 131 Å². The molecule has 0 spiro atoms. The summed E-state index contributed by atoms with van der Waals surface area (Å²) in [4.78, 5) is 1.94. The summed E-state index contributed by atoms with van der Waals surface area (Å²) in [6, 6.07) is 7.20. The normalized spacial score (nSPS) is 22.7. The third-order valence-electron chi connectivity index (χ3n) is 4.75. The van der Waals surface area contributed by atoms with E-state index < -0.39 is 10.0 Å². The van der Waals surface area contributed by atoms with Crippen molar-refractivity contribution >= 4 is 21.6 Å². The SMILES string of the molecule is O=S(=O)(c1ccc(Cl)cc1)N1CC[NH+](C2CCCC2)CC1. The number of quaternary nitrogens is 1. The highest BCUT2D eigenvalue weighted by atomic mass is 35.5. The number of sulfonamides is 1. The number of hydrogen-bond acceptors (Lipinski definition) is 2. The van der Waals surface area contributed by atoms with E-state index >= 15 is 0 Å². The van der Waals surface area contributed by atoms with E-state index in [1.807, 2.05) is 0 Å². The highest BCUT2D eigenvalue weighted by Crippen LogP contribution is 2.19. The monoisotopic (exact) mass is 329 g/mol. The van der Waals surface area contributed by atoms with Gasteiger partial charge in [-0.2, -0.15) is 4.31 Å². The smallest absolute Gasteiger partial charge is 0.243 e. The Kier molecular flexibility index (Phi) is 4.54. The van der Waals surface area contributed by atoms with Crippen LogP contribution in [0.1, 0.15) is 25.7 Å². The average Bonchev–Trinajstić information content (AvgIpc) is 3.02. The maximum atomic E-state index is 12.6. The molecule has 2 fully saturated rings. The summed E-state index contributed by atoms with van der Waals surface area (Å²) >= 11 is 5.83. The molecule has 0 radical (unpaired) electrons. The van der Waals surface area contributed by atoms with E-state index in [0.29, 0.717) is 23.0 Å². The molecule has 1 aliphatic heterocycles. The van der Waals surface area contributed by atoms with Crippen LogP contribution in [0.2, 0.25) is 5.02 Å². The van der Waals surface area contributed by atoms with Crippen molar-refractivity contribution in [3.05, 3.63) is 29.3 Å². The summed E-state index contributed by atoms with van der Waals surface area (Å²) in [7, 11) is -3.36. The minimum absolute atomic E-state index is 0.344. The van der Waals surface area contributed by atoms with Gasteiger partial charge in [0.25, 0.3) is 0 Å². The van der Waals surface area contributed by atoms with Crippen LogP contribution in [-0.4, -0.2) is 44.9 Å². The van der Waals surface area contributed by atoms with Crippen molar-refractivity contribution in [3.63, 3.8) is 0 Å². The topological polar surface area (TPSA) is 41.8 Å². The highest BCUT2D eigenvalue weighted by Gasteiger charge is 2.34. The van der Waals surface area contributed by atoms with Crippen LogP contribution in [0.4, 0.5) is 0 Å². The fraction of sp³-hybridized carbons (Fsp3) is 0.600.